The molecule has 21 heavy (non-hydrogen) atoms. The molecular formula is C12H21N5O3S. The van der Waals surface area contributed by atoms with Gasteiger partial charge in [-0.05, 0) is 12.8 Å². The molecule has 0 spiro atoms. The van der Waals surface area contributed by atoms with Crippen molar-refractivity contribution in [3.05, 3.63) is 12.5 Å². The normalized spacial score (nSPS) is 17.8. The van der Waals surface area contributed by atoms with Crippen molar-refractivity contribution in [2.24, 2.45) is 12.8 Å². The maximum Gasteiger partial charge on any atom is 0.260 e. The van der Waals surface area contributed by atoms with Crippen LogP contribution in [-0.2, 0) is 21.9 Å². The molecule has 0 aromatic carbocycles. The molecule has 0 unspecified atom stereocenters. The Kier molecular flexibility index (Phi) is 4.64. The molecular weight excluding hydrogens is 294 g/mol. The van der Waals surface area contributed by atoms with Gasteiger partial charge in [-0.25, -0.2) is 18.1 Å². The highest BCUT2D eigenvalue weighted by Gasteiger charge is 2.34. The molecule has 1 aliphatic rings. The highest BCUT2D eigenvalue weighted by Crippen LogP contribution is 2.28. The monoisotopic (exact) mass is 315 g/mol. The number of aromatic nitrogens is 2. The SMILES string of the molecule is Cn1cnc(S(=O)(=O)NCC(=O)NC2(CN)CCCC2)c1. The van der Waals surface area contributed by atoms with Gasteiger partial charge in [-0.1, -0.05) is 12.8 Å². The third-order valence-corrected chi connectivity index (χ3v) is 5.02. The van der Waals surface area contributed by atoms with Crippen LogP contribution < -0.4 is 15.8 Å². The number of sulfonamides is 1. The molecule has 0 atom stereocenters. The fourth-order valence-corrected chi connectivity index (χ4v) is 3.49. The summed E-state index contributed by atoms with van der Waals surface area (Å²) in [5.74, 6) is -0.373. The zero-order chi connectivity index (χ0) is 15.5. The minimum absolute atomic E-state index is 0.104. The first kappa shape index (κ1) is 15.9. The van der Waals surface area contributed by atoms with Crippen LogP contribution in [0.2, 0.25) is 0 Å². The first-order chi connectivity index (χ1) is 9.87. The number of nitrogens with two attached hydrogens (primary N) is 1. The minimum Gasteiger partial charge on any atom is -0.348 e. The Hall–Kier alpha value is -1.45. The molecule has 0 saturated heterocycles. The molecule has 4 N–H and O–H groups in total. The molecule has 1 fully saturated rings. The Labute approximate surface area is 124 Å². The molecule has 0 bridgehead atoms. The van der Waals surface area contributed by atoms with Gasteiger partial charge >= 0.3 is 0 Å². The van der Waals surface area contributed by atoms with E-state index in [1.54, 1.807) is 7.05 Å². The van der Waals surface area contributed by atoms with Gasteiger partial charge in [0.2, 0.25) is 5.91 Å². The summed E-state index contributed by atoms with van der Waals surface area (Å²) in [7, 11) is -2.10. The van der Waals surface area contributed by atoms with E-state index < -0.39 is 10.0 Å². The van der Waals surface area contributed by atoms with Crippen molar-refractivity contribution >= 4 is 15.9 Å². The molecule has 0 radical (unpaired) electrons. The lowest BCUT2D eigenvalue weighted by Gasteiger charge is -2.28. The van der Waals surface area contributed by atoms with Gasteiger partial charge in [-0.3, -0.25) is 4.79 Å². The van der Waals surface area contributed by atoms with E-state index in [0.29, 0.717) is 6.54 Å². The van der Waals surface area contributed by atoms with E-state index in [0.717, 1.165) is 25.7 Å². The number of nitrogens with zero attached hydrogens (tertiary/aromatic N) is 2. The van der Waals surface area contributed by atoms with Gasteiger partial charge in [0.15, 0.2) is 5.03 Å². The molecule has 2 rings (SSSR count). The van der Waals surface area contributed by atoms with Crippen LogP contribution in [0.3, 0.4) is 0 Å². The van der Waals surface area contributed by atoms with Crippen molar-refractivity contribution in [3.8, 4) is 0 Å². The first-order valence-electron chi connectivity index (χ1n) is 6.86. The molecule has 1 aliphatic carbocycles. The average Bonchev–Trinajstić information content (AvgIpc) is 3.07. The van der Waals surface area contributed by atoms with Crippen molar-refractivity contribution in [1.82, 2.24) is 19.6 Å². The van der Waals surface area contributed by atoms with Gasteiger partial charge in [-0.2, -0.15) is 0 Å². The van der Waals surface area contributed by atoms with Gasteiger partial charge in [0.05, 0.1) is 18.4 Å². The summed E-state index contributed by atoms with van der Waals surface area (Å²) >= 11 is 0. The third kappa shape index (κ3) is 3.80. The number of hydrogen-bond acceptors (Lipinski definition) is 5. The second-order valence-electron chi connectivity index (χ2n) is 5.44. The van der Waals surface area contributed by atoms with Gasteiger partial charge in [0.25, 0.3) is 10.0 Å². The van der Waals surface area contributed by atoms with Crippen LogP contribution >= 0.6 is 0 Å². The summed E-state index contributed by atoms with van der Waals surface area (Å²) in [6.45, 7) is 0.0480. The highest BCUT2D eigenvalue weighted by atomic mass is 32.2. The van der Waals surface area contributed by atoms with Gasteiger partial charge < -0.3 is 15.6 Å². The fraction of sp³-hybridized carbons (Fsp3) is 0.667. The van der Waals surface area contributed by atoms with E-state index in [1.165, 1.54) is 17.1 Å². The van der Waals surface area contributed by atoms with Crippen LogP contribution in [0.4, 0.5) is 0 Å². The first-order valence-corrected chi connectivity index (χ1v) is 8.34. The maximum atomic E-state index is 11.9. The largest absolute Gasteiger partial charge is 0.348 e. The molecule has 8 nitrogen and oxygen atoms in total. The second-order valence-corrected chi connectivity index (χ2v) is 7.16. The Morgan fingerprint density at radius 2 is 2.14 bits per heavy atom. The number of carbonyl (C=O) groups is 1. The zero-order valence-corrected chi connectivity index (χ0v) is 12.8. The summed E-state index contributed by atoms with van der Waals surface area (Å²) in [6.07, 6.45) is 6.48. The molecule has 0 aliphatic heterocycles. The van der Waals surface area contributed by atoms with Crippen molar-refractivity contribution in [2.75, 3.05) is 13.1 Å². The van der Waals surface area contributed by atoms with Crippen molar-refractivity contribution in [3.63, 3.8) is 0 Å². The zero-order valence-electron chi connectivity index (χ0n) is 12.0. The van der Waals surface area contributed by atoms with Crippen molar-refractivity contribution < 1.29 is 13.2 Å². The van der Waals surface area contributed by atoms with E-state index >= 15 is 0 Å². The van der Waals surface area contributed by atoms with Crippen LogP contribution in [-0.4, -0.2) is 42.5 Å². The number of amides is 1. The quantitative estimate of drug-likeness (QED) is 0.627. The maximum absolute atomic E-state index is 11.9. The summed E-state index contributed by atoms with van der Waals surface area (Å²) in [5, 5.41) is 2.75. The van der Waals surface area contributed by atoms with E-state index in [9.17, 15) is 13.2 Å². The molecule has 1 heterocycles. The lowest BCUT2D eigenvalue weighted by atomic mass is 9.98. The lowest BCUT2D eigenvalue weighted by Crippen LogP contribution is -2.54. The molecule has 1 saturated carbocycles. The molecule has 9 heteroatoms. The Balaban J connectivity index is 1.92. The number of carbonyl (C=O) groups excluding carboxylic acids is 1. The van der Waals surface area contributed by atoms with Crippen LogP contribution in [0.5, 0.6) is 0 Å². The standard InChI is InChI=1S/C12H21N5O3S/c1-17-7-11(14-9-17)21(19,20)15-6-10(18)16-12(8-13)4-2-3-5-12/h7,9,15H,2-6,8,13H2,1H3,(H,16,18). The van der Waals surface area contributed by atoms with E-state index in [4.69, 9.17) is 5.73 Å². The summed E-state index contributed by atoms with van der Waals surface area (Å²) in [5.41, 5.74) is 5.35. The third-order valence-electron chi connectivity index (χ3n) is 3.74. The van der Waals surface area contributed by atoms with Crippen molar-refractivity contribution in [2.45, 2.75) is 36.2 Å². The predicted molar refractivity (Wildman–Crippen MR) is 76.8 cm³/mol. The van der Waals surface area contributed by atoms with Crippen LogP contribution in [0, 0.1) is 0 Å². The molecule has 1 amide bonds. The van der Waals surface area contributed by atoms with Crippen molar-refractivity contribution in [1.29, 1.82) is 0 Å². The lowest BCUT2D eigenvalue weighted by molar-refractivity contribution is -0.121. The number of rotatable bonds is 6. The number of imidazole rings is 1. The molecule has 1 aromatic rings. The van der Waals surface area contributed by atoms with Crippen LogP contribution in [0.25, 0.3) is 0 Å². The summed E-state index contributed by atoms with van der Waals surface area (Å²) in [6, 6.07) is 0. The van der Waals surface area contributed by atoms with E-state index in [1.807, 2.05) is 0 Å². The van der Waals surface area contributed by atoms with Gasteiger partial charge in [0.1, 0.15) is 0 Å². The number of aryl methyl sites for hydroxylation is 1. The van der Waals surface area contributed by atoms with Crippen LogP contribution in [0.1, 0.15) is 25.7 Å². The number of nitrogens with one attached hydrogen (secondary N) is 2. The second kappa shape index (κ2) is 6.12. The molecule has 118 valence electrons. The van der Waals surface area contributed by atoms with E-state index in [-0.39, 0.29) is 23.0 Å². The fourth-order valence-electron chi connectivity index (χ4n) is 2.53. The molecule has 1 aromatic heterocycles. The summed E-state index contributed by atoms with van der Waals surface area (Å²) < 4.78 is 27.7. The number of hydrogen-bond donors (Lipinski definition) is 3. The van der Waals surface area contributed by atoms with Crippen LogP contribution in [0.15, 0.2) is 17.6 Å². The summed E-state index contributed by atoms with van der Waals surface area (Å²) in [4.78, 5) is 15.7. The Bertz CT molecular complexity index is 604. The van der Waals surface area contributed by atoms with Gasteiger partial charge in [0, 0.05) is 19.8 Å². The topological polar surface area (TPSA) is 119 Å². The minimum atomic E-state index is -3.77. The highest BCUT2D eigenvalue weighted by molar-refractivity contribution is 7.89. The average molecular weight is 315 g/mol. The Morgan fingerprint density at radius 1 is 1.48 bits per heavy atom. The smallest absolute Gasteiger partial charge is 0.260 e. The van der Waals surface area contributed by atoms with E-state index in [2.05, 4.69) is 15.0 Å². The van der Waals surface area contributed by atoms with Gasteiger partial charge in [-0.15, -0.1) is 0 Å². The Morgan fingerprint density at radius 3 is 2.67 bits per heavy atom. The predicted octanol–water partition coefficient (Wildman–Crippen LogP) is -0.914.